The van der Waals surface area contributed by atoms with Gasteiger partial charge in [-0.2, -0.15) is 0 Å². The summed E-state index contributed by atoms with van der Waals surface area (Å²) in [5.74, 6) is 0.885. The molecule has 0 saturated carbocycles. The SMILES string of the molecule is COc1ccc2nc(Nc3ccc(F)cc3OC)sc2c1. The zero-order valence-corrected chi connectivity index (χ0v) is 12.3. The number of methoxy groups -OCH3 is 2. The third-order valence-corrected chi connectivity index (χ3v) is 3.93. The van der Waals surface area contributed by atoms with E-state index in [0.29, 0.717) is 16.6 Å². The molecule has 0 bridgehead atoms. The molecule has 0 spiro atoms. The van der Waals surface area contributed by atoms with Crippen LogP contribution in [0.2, 0.25) is 0 Å². The van der Waals surface area contributed by atoms with E-state index in [-0.39, 0.29) is 5.82 Å². The van der Waals surface area contributed by atoms with Crippen molar-refractivity contribution >= 4 is 32.4 Å². The summed E-state index contributed by atoms with van der Waals surface area (Å²) in [6.07, 6.45) is 0. The minimum absolute atomic E-state index is 0.341. The van der Waals surface area contributed by atoms with Gasteiger partial charge >= 0.3 is 0 Å². The van der Waals surface area contributed by atoms with Crippen LogP contribution in [0.5, 0.6) is 11.5 Å². The fourth-order valence-electron chi connectivity index (χ4n) is 1.97. The van der Waals surface area contributed by atoms with Gasteiger partial charge in [-0.05, 0) is 30.3 Å². The number of ether oxygens (including phenoxy) is 2. The normalized spacial score (nSPS) is 10.6. The maximum Gasteiger partial charge on any atom is 0.188 e. The van der Waals surface area contributed by atoms with Crippen LogP contribution in [0.3, 0.4) is 0 Å². The van der Waals surface area contributed by atoms with Gasteiger partial charge in [-0.15, -0.1) is 0 Å². The highest BCUT2D eigenvalue weighted by molar-refractivity contribution is 7.22. The molecule has 0 radical (unpaired) electrons. The molecule has 0 aliphatic heterocycles. The monoisotopic (exact) mass is 304 g/mol. The van der Waals surface area contributed by atoms with Gasteiger partial charge in [0.15, 0.2) is 5.13 Å². The van der Waals surface area contributed by atoms with Crippen LogP contribution < -0.4 is 14.8 Å². The molecule has 21 heavy (non-hydrogen) atoms. The van der Waals surface area contributed by atoms with Crippen molar-refractivity contribution in [1.29, 1.82) is 0 Å². The molecule has 0 saturated heterocycles. The van der Waals surface area contributed by atoms with E-state index < -0.39 is 0 Å². The molecular weight excluding hydrogens is 291 g/mol. The van der Waals surface area contributed by atoms with E-state index in [1.54, 1.807) is 13.2 Å². The summed E-state index contributed by atoms with van der Waals surface area (Å²) in [6, 6.07) is 10.0. The summed E-state index contributed by atoms with van der Waals surface area (Å²) < 4.78 is 24.6. The fourth-order valence-corrected chi connectivity index (χ4v) is 2.88. The molecule has 1 N–H and O–H groups in total. The zero-order valence-electron chi connectivity index (χ0n) is 11.5. The maximum atomic E-state index is 13.2. The van der Waals surface area contributed by atoms with Crippen LogP contribution in [-0.4, -0.2) is 19.2 Å². The second-order valence-corrected chi connectivity index (χ2v) is 5.35. The summed E-state index contributed by atoms with van der Waals surface area (Å²) in [6.45, 7) is 0. The molecule has 0 aliphatic rings. The van der Waals surface area contributed by atoms with Crippen LogP contribution >= 0.6 is 11.3 Å². The smallest absolute Gasteiger partial charge is 0.188 e. The number of hydrogen-bond acceptors (Lipinski definition) is 5. The number of thiazole rings is 1. The van der Waals surface area contributed by atoms with Gasteiger partial charge in [0.25, 0.3) is 0 Å². The summed E-state index contributed by atoms with van der Waals surface area (Å²) in [5.41, 5.74) is 1.55. The van der Waals surface area contributed by atoms with E-state index >= 15 is 0 Å². The number of fused-ring (bicyclic) bond motifs is 1. The summed E-state index contributed by atoms with van der Waals surface area (Å²) in [5, 5.41) is 3.86. The van der Waals surface area contributed by atoms with Gasteiger partial charge in [0.2, 0.25) is 0 Å². The lowest BCUT2D eigenvalue weighted by Gasteiger charge is -2.08. The van der Waals surface area contributed by atoms with Crippen LogP contribution in [0.25, 0.3) is 10.2 Å². The molecule has 0 atom stereocenters. The van der Waals surface area contributed by atoms with Crippen molar-refractivity contribution in [3.63, 3.8) is 0 Å². The van der Waals surface area contributed by atoms with Gasteiger partial charge in [-0.25, -0.2) is 9.37 Å². The van der Waals surface area contributed by atoms with Crippen molar-refractivity contribution in [3.05, 3.63) is 42.2 Å². The van der Waals surface area contributed by atoms with E-state index in [1.807, 2.05) is 18.2 Å². The minimum Gasteiger partial charge on any atom is -0.497 e. The van der Waals surface area contributed by atoms with Gasteiger partial charge in [-0.1, -0.05) is 11.3 Å². The Balaban J connectivity index is 1.94. The van der Waals surface area contributed by atoms with Crippen molar-refractivity contribution in [2.75, 3.05) is 19.5 Å². The lowest BCUT2D eigenvalue weighted by atomic mass is 10.3. The van der Waals surface area contributed by atoms with Gasteiger partial charge in [-0.3, -0.25) is 0 Å². The Kier molecular flexibility index (Phi) is 3.62. The molecule has 0 unspecified atom stereocenters. The Morgan fingerprint density at radius 2 is 1.95 bits per heavy atom. The standard InChI is InChI=1S/C15H13FN2O2S/c1-19-10-4-6-12-14(8-10)21-15(18-12)17-11-5-3-9(16)7-13(11)20-2/h3-8H,1-2H3,(H,17,18). The first-order chi connectivity index (χ1) is 10.2. The molecule has 1 aromatic heterocycles. The van der Waals surface area contributed by atoms with Crippen LogP contribution in [0.1, 0.15) is 0 Å². The average Bonchev–Trinajstić information content (AvgIpc) is 2.90. The molecule has 0 aliphatic carbocycles. The highest BCUT2D eigenvalue weighted by atomic mass is 32.1. The molecule has 6 heteroatoms. The van der Waals surface area contributed by atoms with E-state index in [4.69, 9.17) is 9.47 Å². The fraction of sp³-hybridized carbons (Fsp3) is 0.133. The molecule has 1 heterocycles. The van der Waals surface area contributed by atoms with Crippen molar-refractivity contribution in [1.82, 2.24) is 4.98 Å². The zero-order chi connectivity index (χ0) is 14.8. The maximum absolute atomic E-state index is 13.2. The second kappa shape index (κ2) is 5.57. The van der Waals surface area contributed by atoms with E-state index in [1.165, 1.54) is 30.6 Å². The Morgan fingerprint density at radius 1 is 1.10 bits per heavy atom. The largest absolute Gasteiger partial charge is 0.497 e. The molecule has 4 nitrogen and oxygen atoms in total. The van der Waals surface area contributed by atoms with E-state index in [0.717, 1.165) is 16.0 Å². The number of anilines is 2. The first-order valence-electron chi connectivity index (χ1n) is 6.25. The Bertz CT molecular complexity index is 788. The third-order valence-electron chi connectivity index (χ3n) is 3.00. The molecular formula is C15H13FN2O2S. The highest BCUT2D eigenvalue weighted by Gasteiger charge is 2.09. The topological polar surface area (TPSA) is 43.4 Å². The van der Waals surface area contributed by atoms with E-state index in [9.17, 15) is 4.39 Å². The van der Waals surface area contributed by atoms with Crippen LogP contribution in [0, 0.1) is 5.82 Å². The minimum atomic E-state index is -0.341. The predicted octanol–water partition coefficient (Wildman–Crippen LogP) is 4.20. The Labute approximate surface area is 125 Å². The van der Waals surface area contributed by atoms with Gasteiger partial charge < -0.3 is 14.8 Å². The molecule has 108 valence electrons. The number of benzene rings is 2. The predicted molar refractivity (Wildman–Crippen MR) is 82.4 cm³/mol. The van der Waals surface area contributed by atoms with Crippen molar-refractivity contribution in [2.45, 2.75) is 0 Å². The van der Waals surface area contributed by atoms with Gasteiger partial charge in [0.1, 0.15) is 17.3 Å². The van der Waals surface area contributed by atoms with Crippen molar-refractivity contribution in [3.8, 4) is 11.5 Å². The first kappa shape index (κ1) is 13.6. The summed E-state index contributed by atoms with van der Waals surface area (Å²) in [7, 11) is 3.13. The average molecular weight is 304 g/mol. The quantitative estimate of drug-likeness (QED) is 0.784. The lowest BCUT2D eigenvalue weighted by molar-refractivity contribution is 0.413. The van der Waals surface area contributed by atoms with E-state index in [2.05, 4.69) is 10.3 Å². The molecule has 0 fully saturated rings. The first-order valence-corrected chi connectivity index (χ1v) is 7.06. The second-order valence-electron chi connectivity index (χ2n) is 4.32. The van der Waals surface area contributed by atoms with Crippen molar-refractivity contribution < 1.29 is 13.9 Å². The van der Waals surface area contributed by atoms with Crippen LogP contribution in [0.15, 0.2) is 36.4 Å². The number of rotatable bonds is 4. The number of hydrogen-bond donors (Lipinski definition) is 1. The summed E-state index contributed by atoms with van der Waals surface area (Å²) >= 11 is 1.49. The molecule has 2 aromatic carbocycles. The van der Waals surface area contributed by atoms with Crippen LogP contribution in [0.4, 0.5) is 15.2 Å². The van der Waals surface area contributed by atoms with Gasteiger partial charge in [0.05, 0.1) is 30.1 Å². The Hall–Kier alpha value is -2.34. The lowest BCUT2D eigenvalue weighted by Crippen LogP contribution is -1.94. The number of nitrogens with zero attached hydrogens (tertiary/aromatic N) is 1. The highest BCUT2D eigenvalue weighted by Crippen LogP contribution is 2.33. The molecule has 3 rings (SSSR count). The molecule has 3 aromatic rings. The summed E-state index contributed by atoms with van der Waals surface area (Å²) in [4.78, 5) is 4.48. The number of halogens is 1. The number of nitrogens with one attached hydrogen (secondary N) is 1. The van der Waals surface area contributed by atoms with Crippen molar-refractivity contribution in [2.24, 2.45) is 0 Å². The Morgan fingerprint density at radius 3 is 2.71 bits per heavy atom. The number of aromatic nitrogens is 1. The van der Waals surface area contributed by atoms with Crippen LogP contribution in [-0.2, 0) is 0 Å². The third kappa shape index (κ3) is 2.75. The van der Waals surface area contributed by atoms with Gasteiger partial charge in [0, 0.05) is 6.07 Å². The molecule has 0 amide bonds.